The Morgan fingerprint density at radius 3 is 3.11 bits per heavy atom. The maximum absolute atomic E-state index is 5.33. The maximum Gasteiger partial charge on any atom is 0.231 e. The summed E-state index contributed by atoms with van der Waals surface area (Å²) in [5.74, 6) is 1.88. The highest BCUT2D eigenvalue weighted by Crippen LogP contribution is 2.32. The summed E-state index contributed by atoms with van der Waals surface area (Å²) in [6, 6.07) is 5.95. The minimum atomic E-state index is 0.168. The van der Waals surface area contributed by atoms with Gasteiger partial charge in [0.15, 0.2) is 16.6 Å². The molecule has 0 fully saturated rings. The molecule has 0 aliphatic carbocycles. The van der Waals surface area contributed by atoms with E-state index in [0.29, 0.717) is 6.79 Å². The predicted molar refractivity (Wildman–Crippen MR) is 73.8 cm³/mol. The van der Waals surface area contributed by atoms with Crippen molar-refractivity contribution in [2.75, 3.05) is 6.79 Å². The van der Waals surface area contributed by atoms with Crippen molar-refractivity contribution in [3.63, 3.8) is 0 Å². The normalized spacial score (nSPS) is 14.7. The van der Waals surface area contributed by atoms with Gasteiger partial charge in [-0.2, -0.15) is 5.10 Å². The van der Waals surface area contributed by atoms with Gasteiger partial charge in [-0.1, -0.05) is 13.0 Å². The Labute approximate surface area is 111 Å². The third kappa shape index (κ3) is 3.33. The number of rotatable bonds is 4. The molecule has 0 spiro atoms. The van der Waals surface area contributed by atoms with Gasteiger partial charge < -0.3 is 15.2 Å². The molecule has 1 aliphatic rings. The number of thiocarbonyl (C=S) groups is 1. The summed E-state index contributed by atoms with van der Waals surface area (Å²) in [4.78, 5) is 0. The van der Waals surface area contributed by atoms with Gasteiger partial charge in [0.05, 0.1) is 0 Å². The van der Waals surface area contributed by atoms with Crippen molar-refractivity contribution in [1.29, 1.82) is 0 Å². The first-order valence-corrected chi connectivity index (χ1v) is 6.03. The van der Waals surface area contributed by atoms with Crippen LogP contribution in [0.25, 0.3) is 0 Å². The smallest absolute Gasteiger partial charge is 0.231 e. The number of hydrogen-bond donors (Lipinski definition) is 2. The van der Waals surface area contributed by atoms with Crippen molar-refractivity contribution >= 4 is 23.5 Å². The van der Waals surface area contributed by atoms with Crippen LogP contribution in [0.1, 0.15) is 12.5 Å². The Bertz CT molecular complexity index is 476. The summed E-state index contributed by atoms with van der Waals surface area (Å²) in [6.45, 7) is 2.36. The SMILES string of the molecule is CC(C=NNC(N)=S)Cc1ccc2c(c1)OCO2. The maximum atomic E-state index is 5.33. The zero-order chi connectivity index (χ0) is 13.0. The Morgan fingerprint density at radius 2 is 2.33 bits per heavy atom. The van der Waals surface area contributed by atoms with E-state index in [1.54, 1.807) is 6.21 Å². The number of hydrazone groups is 1. The molecule has 0 aromatic heterocycles. The third-order valence-electron chi connectivity index (χ3n) is 2.50. The van der Waals surface area contributed by atoms with Gasteiger partial charge in [-0.3, -0.25) is 5.43 Å². The van der Waals surface area contributed by atoms with E-state index in [0.717, 1.165) is 17.9 Å². The Kier molecular flexibility index (Phi) is 3.99. The monoisotopic (exact) mass is 265 g/mol. The molecule has 2 rings (SSSR count). The summed E-state index contributed by atoms with van der Waals surface area (Å²) >= 11 is 4.65. The average molecular weight is 265 g/mol. The van der Waals surface area contributed by atoms with E-state index < -0.39 is 0 Å². The molecule has 6 heteroatoms. The molecule has 3 N–H and O–H groups in total. The molecule has 0 bridgehead atoms. The van der Waals surface area contributed by atoms with Gasteiger partial charge in [-0.25, -0.2) is 0 Å². The number of hydrogen-bond acceptors (Lipinski definition) is 4. The lowest BCUT2D eigenvalue weighted by Gasteiger charge is -2.06. The highest BCUT2D eigenvalue weighted by molar-refractivity contribution is 7.80. The predicted octanol–water partition coefficient (Wildman–Crippen LogP) is 1.41. The number of nitrogens with one attached hydrogen (secondary N) is 1. The highest BCUT2D eigenvalue weighted by atomic mass is 32.1. The van der Waals surface area contributed by atoms with Gasteiger partial charge in [-0.05, 0) is 42.3 Å². The molecule has 0 saturated heterocycles. The highest BCUT2D eigenvalue weighted by Gasteiger charge is 2.13. The van der Waals surface area contributed by atoms with Crippen LogP contribution in [0.2, 0.25) is 0 Å². The standard InChI is InChI=1S/C12H15N3O2S/c1-8(6-14-15-12(13)18)4-9-2-3-10-11(5-9)17-7-16-10/h2-3,5-6,8H,4,7H2,1H3,(H3,13,15,18). The Hall–Kier alpha value is -1.82. The molecule has 1 aromatic rings. The van der Waals surface area contributed by atoms with Gasteiger partial charge in [0, 0.05) is 6.21 Å². The molecule has 18 heavy (non-hydrogen) atoms. The van der Waals surface area contributed by atoms with Crippen LogP contribution in [-0.2, 0) is 6.42 Å². The number of benzene rings is 1. The van der Waals surface area contributed by atoms with Gasteiger partial charge in [0.2, 0.25) is 6.79 Å². The van der Waals surface area contributed by atoms with Crippen LogP contribution >= 0.6 is 12.2 Å². The fourth-order valence-corrected chi connectivity index (χ4v) is 1.77. The minimum absolute atomic E-state index is 0.168. The van der Waals surface area contributed by atoms with Crippen molar-refractivity contribution in [3.8, 4) is 11.5 Å². The quantitative estimate of drug-likeness (QED) is 0.489. The first-order chi connectivity index (χ1) is 8.65. The molecule has 96 valence electrons. The number of ether oxygens (including phenoxy) is 2. The van der Waals surface area contributed by atoms with Crippen LogP contribution in [0.15, 0.2) is 23.3 Å². The van der Waals surface area contributed by atoms with E-state index >= 15 is 0 Å². The van der Waals surface area contributed by atoms with Crippen LogP contribution in [0.3, 0.4) is 0 Å². The van der Waals surface area contributed by atoms with Gasteiger partial charge in [-0.15, -0.1) is 0 Å². The van der Waals surface area contributed by atoms with E-state index in [4.69, 9.17) is 15.2 Å². The lowest BCUT2D eigenvalue weighted by Crippen LogP contribution is -2.24. The van der Waals surface area contributed by atoms with Crippen molar-refractivity contribution in [3.05, 3.63) is 23.8 Å². The first kappa shape index (κ1) is 12.6. The Morgan fingerprint density at radius 1 is 1.56 bits per heavy atom. The Balaban J connectivity index is 1.93. The number of nitrogens with two attached hydrogens (primary N) is 1. The average Bonchev–Trinajstić information content (AvgIpc) is 2.75. The van der Waals surface area contributed by atoms with Crippen molar-refractivity contribution in [1.82, 2.24) is 5.43 Å². The first-order valence-electron chi connectivity index (χ1n) is 5.62. The van der Waals surface area contributed by atoms with Crippen LogP contribution in [0.5, 0.6) is 11.5 Å². The van der Waals surface area contributed by atoms with Crippen LogP contribution < -0.4 is 20.6 Å². The zero-order valence-corrected chi connectivity index (χ0v) is 10.9. The molecule has 0 amide bonds. The molecule has 1 atom stereocenters. The molecule has 1 unspecified atom stereocenters. The molecule has 0 saturated carbocycles. The molecular weight excluding hydrogens is 250 g/mol. The van der Waals surface area contributed by atoms with E-state index in [9.17, 15) is 0 Å². The third-order valence-corrected chi connectivity index (χ3v) is 2.59. The summed E-state index contributed by atoms with van der Waals surface area (Å²) in [7, 11) is 0. The van der Waals surface area contributed by atoms with E-state index in [2.05, 4.69) is 29.7 Å². The van der Waals surface area contributed by atoms with Crippen molar-refractivity contribution < 1.29 is 9.47 Å². The second kappa shape index (κ2) is 5.68. The zero-order valence-electron chi connectivity index (χ0n) is 10.1. The van der Waals surface area contributed by atoms with Gasteiger partial charge in [0.25, 0.3) is 0 Å². The van der Waals surface area contributed by atoms with Crippen LogP contribution in [0.4, 0.5) is 0 Å². The topological polar surface area (TPSA) is 68.9 Å². The number of fused-ring (bicyclic) bond motifs is 1. The summed E-state index contributed by atoms with van der Waals surface area (Å²) in [5, 5.41) is 4.11. The lowest BCUT2D eigenvalue weighted by molar-refractivity contribution is 0.174. The summed E-state index contributed by atoms with van der Waals surface area (Å²) < 4.78 is 10.6. The fraction of sp³-hybridized carbons (Fsp3) is 0.333. The molecule has 0 radical (unpaired) electrons. The van der Waals surface area contributed by atoms with Crippen LogP contribution in [0, 0.1) is 5.92 Å². The van der Waals surface area contributed by atoms with E-state index in [-0.39, 0.29) is 11.0 Å². The second-order valence-electron chi connectivity index (χ2n) is 4.12. The van der Waals surface area contributed by atoms with Crippen molar-refractivity contribution in [2.45, 2.75) is 13.3 Å². The van der Waals surface area contributed by atoms with Gasteiger partial charge >= 0.3 is 0 Å². The lowest BCUT2D eigenvalue weighted by atomic mass is 10.0. The molecule has 1 aliphatic heterocycles. The summed E-state index contributed by atoms with van der Waals surface area (Å²) in [6.07, 6.45) is 2.64. The van der Waals surface area contributed by atoms with E-state index in [1.165, 1.54) is 5.56 Å². The number of nitrogens with zero attached hydrogens (tertiary/aromatic N) is 1. The van der Waals surface area contributed by atoms with E-state index in [1.807, 2.05) is 18.2 Å². The van der Waals surface area contributed by atoms with Crippen LogP contribution in [-0.4, -0.2) is 18.1 Å². The second-order valence-corrected chi connectivity index (χ2v) is 4.56. The molecule has 5 nitrogen and oxygen atoms in total. The molecular formula is C12H15N3O2S. The van der Waals surface area contributed by atoms with Crippen molar-refractivity contribution in [2.24, 2.45) is 16.8 Å². The fourth-order valence-electron chi connectivity index (χ4n) is 1.72. The summed E-state index contributed by atoms with van der Waals surface area (Å²) in [5.41, 5.74) is 8.98. The minimum Gasteiger partial charge on any atom is -0.454 e. The largest absolute Gasteiger partial charge is 0.454 e. The van der Waals surface area contributed by atoms with Gasteiger partial charge in [0.1, 0.15) is 0 Å². The molecule has 1 aromatic carbocycles. The molecule has 1 heterocycles.